The molecule has 1 N–H and O–H groups in total. The zero-order valence-corrected chi connectivity index (χ0v) is 14.5. The summed E-state index contributed by atoms with van der Waals surface area (Å²) in [6, 6.07) is 1.38. The first kappa shape index (κ1) is 16.9. The van der Waals surface area contributed by atoms with Gasteiger partial charge in [-0.3, -0.25) is 9.59 Å². The topological polar surface area (TPSA) is 89.3 Å². The monoisotopic (exact) mass is 343 g/mol. The van der Waals surface area contributed by atoms with Crippen LogP contribution in [0.25, 0.3) is 0 Å². The zero-order chi connectivity index (χ0) is 18.0. The fourth-order valence-electron chi connectivity index (χ4n) is 2.83. The minimum absolute atomic E-state index is 0.0352. The second-order valence-electron chi connectivity index (χ2n) is 5.87. The third-order valence-corrected chi connectivity index (χ3v) is 4.38. The lowest BCUT2D eigenvalue weighted by Crippen LogP contribution is -2.30. The van der Waals surface area contributed by atoms with Gasteiger partial charge >= 0.3 is 0 Å². The molecule has 1 aliphatic heterocycles. The van der Waals surface area contributed by atoms with E-state index in [1.54, 1.807) is 41.2 Å². The van der Waals surface area contributed by atoms with E-state index in [0.717, 1.165) is 0 Å². The second-order valence-corrected chi connectivity index (χ2v) is 5.87. The molecular formula is C17H21N5O3. The summed E-state index contributed by atoms with van der Waals surface area (Å²) in [4.78, 5) is 34.8. The van der Waals surface area contributed by atoms with Gasteiger partial charge in [-0.2, -0.15) is 0 Å². The summed E-state index contributed by atoms with van der Waals surface area (Å²) in [6.45, 7) is 5.08. The van der Waals surface area contributed by atoms with Crippen LogP contribution in [0, 0.1) is 0 Å². The van der Waals surface area contributed by atoms with Crippen LogP contribution < -0.4 is 10.1 Å². The molecule has 0 fully saturated rings. The maximum absolute atomic E-state index is 12.3. The first-order valence-corrected chi connectivity index (χ1v) is 8.16. The molecule has 8 heteroatoms. The van der Waals surface area contributed by atoms with Crippen LogP contribution in [0.5, 0.6) is 5.88 Å². The first-order valence-electron chi connectivity index (χ1n) is 8.16. The molecule has 25 heavy (non-hydrogen) atoms. The Labute approximate surface area is 145 Å². The first-order chi connectivity index (χ1) is 12.0. The smallest absolute Gasteiger partial charge is 0.256 e. The van der Waals surface area contributed by atoms with E-state index in [0.29, 0.717) is 35.8 Å². The molecule has 0 aliphatic carbocycles. The number of pyridine rings is 1. The van der Waals surface area contributed by atoms with Gasteiger partial charge in [-0.25, -0.2) is 9.97 Å². The van der Waals surface area contributed by atoms with Crippen molar-refractivity contribution in [1.29, 1.82) is 0 Å². The molecule has 1 unspecified atom stereocenters. The van der Waals surface area contributed by atoms with Gasteiger partial charge in [-0.15, -0.1) is 0 Å². The van der Waals surface area contributed by atoms with Gasteiger partial charge in [-0.05, 0) is 19.9 Å². The minimum atomic E-state index is -0.381. The highest BCUT2D eigenvalue weighted by molar-refractivity contribution is 5.98. The van der Waals surface area contributed by atoms with Crippen LogP contribution in [0.15, 0.2) is 24.8 Å². The van der Waals surface area contributed by atoms with Gasteiger partial charge in [0.15, 0.2) is 0 Å². The summed E-state index contributed by atoms with van der Waals surface area (Å²) < 4.78 is 7.05. The van der Waals surface area contributed by atoms with Crippen molar-refractivity contribution in [3.63, 3.8) is 0 Å². The molecule has 1 aliphatic rings. The molecule has 8 nitrogen and oxygen atoms in total. The molecule has 0 aromatic carbocycles. The molecule has 0 bridgehead atoms. The maximum atomic E-state index is 12.3. The van der Waals surface area contributed by atoms with Crippen LogP contribution in [0.2, 0.25) is 0 Å². The van der Waals surface area contributed by atoms with Gasteiger partial charge in [0.1, 0.15) is 6.04 Å². The van der Waals surface area contributed by atoms with Crippen molar-refractivity contribution in [2.24, 2.45) is 0 Å². The number of rotatable bonds is 6. The van der Waals surface area contributed by atoms with E-state index < -0.39 is 0 Å². The van der Waals surface area contributed by atoms with Gasteiger partial charge in [0.25, 0.3) is 5.91 Å². The van der Waals surface area contributed by atoms with Crippen molar-refractivity contribution in [3.8, 4) is 5.88 Å². The van der Waals surface area contributed by atoms with Crippen molar-refractivity contribution in [1.82, 2.24) is 24.8 Å². The number of hydrogen-bond acceptors (Lipinski definition) is 5. The highest BCUT2D eigenvalue weighted by atomic mass is 16.5. The number of aromatic nitrogens is 3. The van der Waals surface area contributed by atoms with Crippen LogP contribution in [0.3, 0.4) is 0 Å². The van der Waals surface area contributed by atoms with Gasteiger partial charge in [0.2, 0.25) is 11.8 Å². The SMILES string of the molecule is CCN1Cc2nc(OC)c(CNC(=O)C(C)n3ccnc3)cc2C1=O. The number of nitrogens with one attached hydrogen (secondary N) is 1. The van der Waals surface area contributed by atoms with Crippen LogP contribution in [0.4, 0.5) is 0 Å². The highest BCUT2D eigenvalue weighted by Crippen LogP contribution is 2.27. The summed E-state index contributed by atoms with van der Waals surface area (Å²) in [7, 11) is 1.53. The molecule has 1 atom stereocenters. The van der Waals surface area contributed by atoms with Crippen molar-refractivity contribution in [2.75, 3.05) is 13.7 Å². The standard InChI is InChI=1S/C17H21N5O3/c1-4-21-9-14-13(17(21)24)7-12(16(20-14)25-3)8-19-15(23)11(2)22-6-5-18-10-22/h5-7,10-11H,4,8-9H2,1-3H3,(H,19,23). The van der Waals surface area contributed by atoms with E-state index in [1.165, 1.54) is 7.11 Å². The zero-order valence-electron chi connectivity index (χ0n) is 14.5. The summed E-state index contributed by atoms with van der Waals surface area (Å²) in [5.74, 6) is 0.245. The summed E-state index contributed by atoms with van der Waals surface area (Å²) >= 11 is 0. The third kappa shape index (κ3) is 3.19. The van der Waals surface area contributed by atoms with Gasteiger partial charge < -0.3 is 19.5 Å². The predicted molar refractivity (Wildman–Crippen MR) is 90.0 cm³/mol. The minimum Gasteiger partial charge on any atom is -0.481 e. The van der Waals surface area contributed by atoms with Crippen LogP contribution in [-0.2, 0) is 17.9 Å². The number of methoxy groups -OCH3 is 1. The number of hydrogen-bond donors (Lipinski definition) is 1. The van der Waals surface area contributed by atoms with Crippen LogP contribution in [0.1, 0.15) is 41.5 Å². The quantitative estimate of drug-likeness (QED) is 0.849. The van der Waals surface area contributed by atoms with Crippen molar-refractivity contribution < 1.29 is 14.3 Å². The summed E-state index contributed by atoms with van der Waals surface area (Å²) in [5.41, 5.74) is 1.97. The Morgan fingerprint density at radius 2 is 2.28 bits per heavy atom. The average Bonchev–Trinajstić information content (AvgIpc) is 3.26. The Kier molecular flexibility index (Phi) is 4.69. The number of ether oxygens (including phenoxy) is 1. The lowest BCUT2D eigenvalue weighted by molar-refractivity contribution is -0.124. The van der Waals surface area contributed by atoms with E-state index in [2.05, 4.69) is 15.3 Å². The van der Waals surface area contributed by atoms with Crippen molar-refractivity contribution in [3.05, 3.63) is 41.6 Å². The van der Waals surface area contributed by atoms with Crippen molar-refractivity contribution in [2.45, 2.75) is 33.0 Å². The largest absolute Gasteiger partial charge is 0.481 e. The molecule has 2 aromatic rings. The molecule has 2 amide bonds. The van der Waals surface area contributed by atoms with E-state index in [4.69, 9.17) is 4.74 Å². The Morgan fingerprint density at radius 3 is 2.92 bits per heavy atom. The van der Waals surface area contributed by atoms with Gasteiger partial charge in [0.05, 0.1) is 31.2 Å². The number of nitrogens with zero attached hydrogens (tertiary/aromatic N) is 4. The predicted octanol–water partition coefficient (Wildman–Crippen LogP) is 1.14. The number of fused-ring (bicyclic) bond motifs is 1. The third-order valence-electron chi connectivity index (χ3n) is 4.38. The molecule has 3 rings (SSSR count). The molecule has 132 valence electrons. The number of imidazole rings is 1. The molecule has 0 spiro atoms. The number of carbonyl (C=O) groups excluding carboxylic acids is 2. The molecule has 0 saturated heterocycles. The molecule has 0 saturated carbocycles. The van der Waals surface area contributed by atoms with E-state index in [1.807, 2.05) is 6.92 Å². The fourth-order valence-corrected chi connectivity index (χ4v) is 2.83. The Bertz CT molecular complexity index is 788. The van der Waals surface area contributed by atoms with E-state index >= 15 is 0 Å². The van der Waals surface area contributed by atoms with Gasteiger partial charge in [0, 0.05) is 31.0 Å². The summed E-state index contributed by atoms with van der Waals surface area (Å²) in [6.07, 6.45) is 4.96. The Balaban J connectivity index is 1.76. The molecular weight excluding hydrogens is 322 g/mol. The van der Waals surface area contributed by atoms with Crippen molar-refractivity contribution >= 4 is 11.8 Å². The Hall–Kier alpha value is -2.90. The van der Waals surface area contributed by atoms with Gasteiger partial charge in [-0.1, -0.05) is 0 Å². The number of carbonyl (C=O) groups is 2. The molecule has 2 aromatic heterocycles. The summed E-state index contributed by atoms with van der Waals surface area (Å²) in [5, 5.41) is 2.86. The van der Waals surface area contributed by atoms with Crippen LogP contribution >= 0.6 is 0 Å². The van der Waals surface area contributed by atoms with E-state index in [-0.39, 0.29) is 24.4 Å². The highest BCUT2D eigenvalue weighted by Gasteiger charge is 2.29. The van der Waals surface area contributed by atoms with Crippen LogP contribution in [-0.4, -0.2) is 44.9 Å². The normalized spacial score (nSPS) is 14.4. The van der Waals surface area contributed by atoms with E-state index in [9.17, 15) is 9.59 Å². The maximum Gasteiger partial charge on any atom is 0.256 e. The Morgan fingerprint density at radius 1 is 1.48 bits per heavy atom. The lowest BCUT2D eigenvalue weighted by Gasteiger charge is -2.14. The molecule has 3 heterocycles. The fraction of sp³-hybridized carbons (Fsp3) is 0.412. The number of amides is 2. The lowest BCUT2D eigenvalue weighted by atomic mass is 10.1. The second kappa shape index (κ2) is 6.92. The molecule has 0 radical (unpaired) electrons. The average molecular weight is 343 g/mol.